The van der Waals surface area contributed by atoms with Gasteiger partial charge in [-0.3, -0.25) is 5.01 Å². The highest BCUT2D eigenvalue weighted by atomic mass is 16.5. The molecule has 0 saturated heterocycles. The zero-order valence-corrected chi connectivity index (χ0v) is 15.5. The van der Waals surface area contributed by atoms with Crippen LogP contribution in [0.2, 0.25) is 0 Å². The second-order valence-electron chi connectivity index (χ2n) is 7.89. The first-order valence-electron chi connectivity index (χ1n) is 9.85. The van der Waals surface area contributed by atoms with Gasteiger partial charge in [0.15, 0.2) is 0 Å². The van der Waals surface area contributed by atoms with Gasteiger partial charge in [-0.1, -0.05) is 12.8 Å². The first kappa shape index (κ1) is 17.1. The molecule has 1 fully saturated rings. The van der Waals surface area contributed by atoms with Gasteiger partial charge in [0.25, 0.3) is 0 Å². The number of anilines is 2. The Morgan fingerprint density at radius 3 is 2.61 bits per heavy atom. The molecule has 0 amide bonds. The van der Waals surface area contributed by atoms with Gasteiger partial charge in [-0.15, -0.1) is 0 Å². The lowest BCUT2D eigenvalue weighted by atomic mass is 9.81. The van der Waals surface area contributed by atoms with E-state index < -0.39 is 5.97 Å². The highest BCUT2D eigenvalue weighted by Gasteiger charge is 2.46. The van der Waals surface area contributed by atoms with Crippen molar-refractivity contribution in [1.82, 2.24) is 0 Å². The maximum absolute atomic E-state index is 11.3. The number of hydrazone groups is 1. The van der Waals surface area contributed by atoms with Crippen molar-refractivity contribution in [3.8, 4) is 5.75 Å². The summed E-state index contributed by atoms with van der Waals surface area (Å²) in [6.07, 6.45) is 4.94. The van der Waals surface area contributed by atoms with Crippen molar-refractivity contribution in [3.63, 3.8) is 0 Å². The third-order valence-corrected chi connectivity index (χ3v) is 6.22. The topological polar surface area (TPSA) is 88.2 Å². The predicted molar refractivity (Wildman–Crippen MR) is 108 cm³/mol. The Morgan fingerprint density at radius 1 is 1.14 bits per heavy atom. The Bertz CT molecular complexity index is 948. The van der Waals surface area contributed by atoms with E-state index in [1.54, 1.807) is 12.1 Å². The zero-order chi connectivity index (χ0) is 19.3. The number of ether oxygens (including phenoxy) is 1. The average molecular weight is 377 g/mol. The summed E-state index contributed by atoms with van der Waals surface area (Å²) in [6, 6.07) is 13.2. The van der Waals surface area contributed by atoms with Gasteiger partial charge in [-0.2, -0.15) is 5.10 Å². The molecule has 28 heavy (non-hydrogen) atoms. The van der Waals surface area contributed by atoms with Gasteiger partial charge in [0.1, 0.15) is 5.75 Å². The molecule has 3 aliphatic rings. The number of aromatic carboxylic acids is 1. The largest absolute Gasteiger partial charge is 0.492 e. The molecule has 5 rings (SSSR count). The lowest BCUT2D eigenvalue weighted by Crippen LogP contribution is -2.43. The fourth-order valence-corrected chi connectivity index (χ4v) is 4.87. The van der Waals surface area contributed by atoms with Crippen LogP contribution in [0, 0.1) is 11.8 Å². The SMILES string of the molecule is Nc1ccc(N2N=C3c4ccc(C(=O)O)cc4OC[C@@H]3[C@@H]2C2CCCC2)cc1. The van der Waals surface area contributed by atoms with Crippen LogP contribution < -0.4 is 15.5 Å². The number of nitrogens with zero attached hydrogens (tertiary/aromatic N) is 2. The van der Waals surface area contributed by atoms with E-state index in [1.165, 1.54) is 25.7 Å². The Morgan fingerprint density at radius 2 is 1.89 bits per heavy atom. The molecule has 0 radical (unpaired) electrons. The molecule has 2 aromatic carbocycles. The number of nitrogen functional groups attached to an aromatic ring is 1. The van der Waals surface area contributed by atoms with Gasteiger partial charge < -0.3 is 15.6 Å². The van der Waals surface area contributed by atoms with Crippen LogP contribution in [-0.4, -0.2) is 29.4 Å². The molecule has 1 aliphatic carbocycles. The van der Waals surface area contributed by atoms with Crippen molar-refractivity contribution in [2.45, 2.75) is 31.7 Å². The quantitative estimate of drug-likeness (QED) is 0.795. The van der Waals surface area contributed by atoms with Crippen LogP contribution in [0.3, 0.4) is 0 Å². The number of carbonyl (C=O) groups is 1. The van der Waals surface area contributed by atoms with Crippen LogP contribution in [0.15, 0.2) is 47.6 Å². The molecule has 6 nitrogen and oxygen atoms in total. The molecule has 2 heterocycles. The number of hydrogen-bond donors (Lipinski definition) is 2. The Kier molecular flexibility index (Phi) is 4.00. The number of carboxylic acids is 1. The number of fused-ring (bicyclic) bond motifs is 3. The molecule has 0 spiro atoms. The fourth-order valence-electron chi connectivity index (χ4n) is 4.87. The molecule has 2 atom stereocenters. The van der Waals surface area contributed by atoms with Gasteiger partial charge in [-0.05, 0) is 61.2 Å². The minimum absolute atomic E-state index is 0.184. The summed E-state index contributed by atoms with van der Waals surface area (Å²) in [7, 11) is 0. The number of nitrogens with two attached hydrogens (primary N) is 1. The van der Waals surface area contributed by atoms with E-state index >= 15 is 0 Å². The summed E-state index contributed by atoms with van der Waals surface area (Å²) in [5.41, 5.74) is 9.80. The number of hydrogen-bond acceptors (Lipinski definition) is 5. The molecule has 2 aliphatic heterocycles. The summed E-state index contributed by atoms with van der Waals surface area (Å²) in [6.45, 7) is 0.529. The van der Waals surface area contributed by atoms with Crippen LogP contribution in [0.5, 0.6) is 5.75 Å². The number of benzene rings is 2. The Balaban J connectivity index is 1.58. The summed E-state index contributed by atoms with van der Waals surface area (Å²) in [5, 5.41) is 16.5. The second kappa shape index (κ2) is 6.55. The van der Waals surface area contributed by atoms with Crippen molar-refractivity contribution < 1.29 is 14.6 Å². The van der Waals surface area contributed by atoms with Crippen molar-refractivity contribution in [3.05, 3.63) is 53.6 Å². The fraction of sp³-hybridized carbons (Fsp3) is 0.364. The molecule has 144 valence electrons. The van der Waals surface area contributed by atoms with E-state index in [2.05, 4.69) is 5.01 Å². The first-order chi connectivity index (χ1) is 13.6. The van der Waals surface area contributed by atoms with Crippen molar-refractivity contribution in [2.24, 2.45) is 16.9 Å². The van der Waals surface area contributed by atoms with Crippen LogP contribution in [0.25, 0.3) is 0 Å². The highest BCUT2D eigenvalue weighted by molar-refractivity contribution is 6.08. The lowest BCUT2D eigenvalue weighted by molar-refractivity contribution is 0.0696. The van der Waals surface area contributed by atoms with Gasteiger partial charge in [-0.25, -0.2) is 4.79 Å². The zero-order valence-electron chi connectivity index (χ0n) is 15.5. The van der Waals surface area contributed by atoms with Crippen molar-refractivity contribution >= 4 is 23.1 Å². The van der Waals surface area contributed by atoms with E-state index in [1.807, 2.05) is 30.3 Å². The molecule has 0 aromatic heterocycles. The summed E-state index contributed by atoms with van der Waals surface area (Å²) in [5.74, 6) is 0.421. The minimum Gasteiger partial charge on any atom is -0.492 e. The third-order valence-electron chi connectivity index (χ3n) is 6.22. The molecular weight excluding hydrogens is 354 g/mol. The van der Waals surface area contributed by atoms with E-state index in [4.69, 9.17) is 15.6 Å². The molecule has 1 saturated carbocycles. The number of carboxylic acid groups (broad SMARTS) is 1. The molecule has 0 bridgehead atoms. The van der Waals surface area contributed by atoms with E-state index in [0.29, 0.717) is 18.3 Å². The number of rotatable bonds is 3. The van der Waals surface area contributed by atoms with Gasteiger partial charge in [0.2, 0.25) is 0 Å². The lowest BCUT2D eigenvalue weighted by Gasteiger charge is -2.34. The highest BCUT2D eigenvalue weighted by Crippen LogP contribution is 2.44. The van der Waals surface area contributed by atoms with Crippen LogP contribution >= 0.6 is 0 Å². The van der Waals surface area contributed by atoms with Gasteiger partial charge >= 0.3 is 5.97 Å². The normalized spacial score (nSPS) is 23.7. The third kappa shape index (κ3) is 2.71. The maximum atomic E-state index is 11.3. The van der Waals surface area contributed by atoms with Gasteiger partial charge in [0.05, 0.1) is 35.5 Å². The summed E-state index contributed by atoms with van der Waals surface area (Å²) in [4.78, 5) is 11.3. The standard InChI is InChI=1S/C22H23N3O3/c23-15-6-8-16(9-7-15)25-21(13-3-1-2-4-13)18-12-28-19-11-14(22(26)27)5-10-17(19)20(18)24-25/h5-11,13,18,21H,1-4,12,23H2,(H,26,27)/t18-,21-/m0/s1. The van der Waals surface area contributed by atoms with Crippen LogP contribution in [0.4, 0.5) is 11.4 Å². The molecule has 0 unspecified atom stereocenters. The second-order valence-corrected chi connectivity index (χ2v) is 7.89. The first-order valence-corrected chi connectivity index (χ1v) is 9.85. The Hall–Kier alpha value is -3.02. The Labute approximate surface area is 163 Å². The van der Waals surface area contributed by atoms with E-state index in [9.17, 15) is 9.90 Å². The van der Waals surface area contributed by atoms with Crippen LogP contribution in [-0.2, 0) is 0 Å². The minimum atomic E-state index is -0.950. The van der Waals surface area contributed by atoms with Crippen molar-refractivity contribution in [1.29, 1.82) is 0 Å². The van der Waals surface area contributed by atoms with E-state index in [0.717, 1.165) is 22.6 Å². The van der Waals surface area contributed by atoms with E-state index in [-0.39, 0.29) is 17.5 Å². The maximum Gasteiger partial charge on any atom is 0.335 e. The smallest absolute Gasteiger partial charge is 0.335 e. The molecular formula is C22H23N3O3. The van der Waals surface area contributed by atoms with Crippen LogP contribution in [0.1, 0.15) is 41.6 Å². The molecule has 6 heteroatoms. The van der Waals surface area contributed by atoms with Gasteiger partial charge in [0, 0.05) is 11.3 Å². The molecule has 2 aromatic rings. The summed E-state index contributed by atoms with van der Waals surface area (Å²) < 4.78 is 6.03. The summed E-state index contributed by atoms with van der Waals surface area (Å²) >= 11 is 0. The average Bonchev–Trinajstić information content (AvgIpc) is 3.35. The van der Waals surface area contributed by atoms with Crippen molar-refractivity contribution in [2.75, 3.05) is 17.3 Å². The monoisotopic (exact) mass is 377 g/mol. The molecule has 3 N–H and O–H groups in total. The predicted octanol–water partition coefficient (Wildman–Crippen LogP) is 3.76.